The van der Waals surface area contributed by atoms with Crippen molar-refractivity contribution in [2.24, 2.45) is 0 Å². The molecular weight excluding hydrogens is 263 g/mol. The molecule has 1 unspecified atom stereocenters. The van der Waals surface area contributed by atoms with Gasteiger partial charge in [0.15, 0.2) is 0 Å². The minimum absolute atomic E-state index is 0.0856. The van der Waals surface area contributed by atoms with Crippen LogP contribution >= 0.6 is 7.60 Å². The van der Waals surface area contributed by atoms with E-state index in [0.717, 1.165) is 12.8 Å². The van der Waals surface area contributed by atoms with Crippen LogP contribution < -0.4 is 10.6 Å². The lowest BCUT2D eigenvalue weighted by atomic mass is 9.79. The number of hydrogen-bond acceptors (Lipinski definition) is 4. The molecule has 1 atom stereocenters. The average Bonchev–Trinajstić information content (AvgIpc) is 2.11. The second kappa shape index (κ2) is 6.23. The third-order valence-electron chi connectivity index (χ3n) is 3.35. The third-order valence-corrected chi connectivity index (χ3v) is 4.80. The first-order chi connectivity index (χ1) is 8.55. The molecule has 0 spiro atoms. The van der Waals surface area contributed by atoms with E-state index < -0.39 is 7.60 Å². The Morgan fingerprint density at radius 2 is 1.84 bits per heavy atom. The van der Waals surface area contributed by atoms with Crippen LogP contribution in [-0.2, 0) is 9.09 Å². The fourth-order valence-corrected chi connectivity index (χ4v) is 4.09. The van der Waals surface area contributed by atoms with Gasteiger partial charge < -0.3 is 20.1 Å². The lowest BCUT2D eigenvalue weighted by Crippen LogP contribution is -2.61. The highest BCUT2D eigenvalue weighted by molar-refractivity contribution is 7.52. The number of piperidine rings is 1. The summed E-state index contributed by atoms with van der Waals surface area (Å²) < 4.78 is 16.5. The number of nitrogens with one attached hydrogen (secondary N) is 2. The van der Waals surface area contributed by atoms with Crippen LogP contribution in [0.5, 0.6) is 0 Å². The Bertz CT molecular complexity index is 329. The Morgan fingerprint density at radius 1 is 1.32 bits per heavy atom. The molecule has 114 valence electrons. The largest absolute Gasteiger partial charge is 0.329 e. The standard InChI is InChI=1S/C13H29N2O3P/c1-6-18-19(16,17)8-7-14-11-9-12(2,3)15-13(4,5)10-11/h11,14-15H,6-10H2,1-5H3,(H,16,17). The van der Waals surface area contributed by atoms with Crippen LogP contribution in [0, 0.1) is 0 Å². The zero-order valence-corrected chi connectivity index (χ0v) is 13.7. The zero-order chi connectivity index (χ0) is 14.7. The molecule has 1 aliphatic heterocycles. The predicted octanol–water partition coefficient (Wildman–Crippen LogP) is 2.11. The second-order valence-corrected chi connectivity index (χ2v) is 8.71. The van der Waals surface area contributed by atoms with Crippen molar-refractivity contribution in [3.8, 4) is 0 Å². The molecule has 0 radical (unpaired) electrons. The first-order valence-electron chi connectivity index (χ1n) is 7.04. The maximum atomic E-state index is 11.6. The van der Waals surface area contributed by atoms with Crippen molar-refractivity contribution in [2.75, 3.05) is 19.3 Å². The summed E-state index contributed by atoms with van der Waals surface area (Å²) in [5.41, 5.74) is 0.171. The molecule has 1 aliphatic rings. The highest BCUT2D eigenvalue weighted by atomic mass is 31.2. The first kappa shape index (κ1) is 17.1. The molecule has 0 aliphatic carbocycles. The van der Waals surface area contributed by atoms with Crippen LogP contribution in [0.25, 0.3) is 0 Å². The Kier molecular flexibility index (Phi) is 5.61. The van der Waals surface area contributed by atoms with Crippen LogP contribution in [0.15, 0.2) is 0 Å². The second-order valence-electron chi connectivity index (χ2n) is 6.73. The molecule has 0 amide bonds. The van der Waals surface area contributed by atoms with Crippen molar-refractivity contribution in [2.45, 2.75) is 64.6 Å². The zero-order valence-electron chi connectivity index (χ0n) is 12.8. The van der Waals surface area contributed by atoms with E-state index in [4.69, 9.17) is 4.52 Å². The van der Waals surface area contributed by atoms with Gasteiger partial charge in [0.2, 0.25) is 0 Å². The van der Waals surface area contributed by atoms with Gasteiger partial charge in [0.05, 0.1) is 12.8 Å². The quantitative estimate of drug-likeness (QED) is 0.654. The van der Waals surface area contributed by atoms with E-state index in [1.165, 1.54) is 0 Å². The molecule has 1 saturated heterocycles. The number of hydrogen-bond donors (Lipinski definition) is 3. The Balaban J connectivity index is 2.43. The van der Waals surface area contributed by atoms with Crippen LogP contribution in [0.4, 0.5) is 0 Å². The molecular formula is C13H29N2O3P. The normalized spacial score (nSPS) is 26.0. The molecule has 1 rings (SSSR count). The van der Waals surface area contributed by atoms with E-state index in [2.05, 4.69) is 38.3 Å². The molecule has 1 heterocycles. The maximum absolute atomic E-state index is 11.6. The van der Waals surface area contributed by atoms with Crippen molar-refractivity contribution >= 4 is 7.60 Å². The molecule has 5 nitrogen and oxygen atoms in total. The van der Waals surface area contributed by atoms with Crippen LogP contribution in [0.3, 0.4) is 0 Å². The van der Waals surface area contributed by atoms with Gasteiger partial charge in [0.1, 0.15) is 0 Å². The summed E-state index contributed by atoms with van der Waals surface area (Å²) in [5.74, 6) is 0. The first-order valence-corrected chi connectivity index (χ1v) is 8.81. The summed E-state index contributed by atoms with van der Waals surface area (Å²) in [6, 6.07) is 0.368. The fraction of sp³-hybridized carbons (Fsp3) is 1.00. The summed E-state index contributed by atoms with van der Waals surface area (Å²) in [6.45, 7) is 11.3. The Labute approximate surface area is 117 Å². The van der Waals surface area contributed by atoms with Crippen molar-refractivity contribution in [1.29, 1.82) is 0 Å². The lowest BCUT2D eigenvalue weighted by Gasteiger charge is -2.46. The Morgan fingerprint density at radius 3 is 2.32 bits per heavy atom. The minimum atomic E-state index is -3.40. The molecule has 0 bridgehead atoms. The van der Waals surface area contributed by atoms with Crippen molar-refractivity contribution in [3.63, 3.8) is 0 Å². The topological polar surface area (TPSA) is 70.6 Å². The molecule has 19 heavy (non-hydrogen) atoms. The monoisotopic (exact) mass is 292 g/mol. The van der Waals surface area contributed by atoms with E-state index in [9.17, 15) is 9.46 Å². The van der Waals surface area contributed by atoms with Crippen LogP contribution in [0.2, 0.25) is 0 Å². The van der Waals surface area contributed by atoms with E-state index in [1.807, 2.05) is 0 Å². The van der Waals surface area contributed by atoms with Gasteiger partial charge in [0, 0.05) is 23.7 Å². The molecule has 6 heteroatoms. The highest BCUT2D eigenvalue weighted by Crippen LogP contribution is 2.40. The molecule has 0 aromatic carbocycles. The van der Waals surface area contributed by atoms with E-state index in [0.29, 0.717) is 12.6 Å². The van der Waals surface area contributed by atoms with Crippen molar-refractivity contribution < 1.29 is 14.0 Å². The molecule has 0 aromatic rings. The van der Waals surface area contributed by atoms with Crippen LogP contribution in [0.1, 0.15) is 47.5 Å². The molecule has 0 aromatic heterocycles. The van der Waals surface area contributed by atoms with Crippen molar-refractivity contribution in [1.82, 2.24) is 10.6 Å². The third kappa shape index (κ3) is 6.37. The maximum Gasteiger partial charge on any atom is 0.329 e. The Hall–Kier alpha value is 0.0700. The van der Waals surface area contributed by atoms with Gasteiger partial charge in [-0.05, 0) is 47.5 Å². The van der Waals surface area contributed by atoms with Gasteiger partial charge >= 0.3 is 7.60 Å². The SMILES string of the molecule is CCOP(=O)(O)CCNC1CC(C)(C)NC(C)(C)C1. The van der Waals surface area contributed by atoms with E-state index in [-0.39, 0.29) is 23.8 Å². The predicted molar refractivity (Wildman–Crippen MR) is 78.6 cm³/mol. The smallest absolute Gasteiger partial charge is 0.324 e. The van der Waals surface area contributed by atoms with Gasteiger partial charge in [-0.15, -0.1) is 0 Å². The molecule has 3 N–H and O–H groups in total. The van der Waals surface area contributed by atoms with Gasteiger partial charge in [0.25, 0.3) is 0 Å². The summed E-state index contributed by atoms with van der Waals surface area (Å²) in [5, 5.41) is 7.02. The summed E-state index contributed by atoms with van der Waals surface area (Å²) in [6.07, 6.45) is 2.20. The van der Waals surface area contributed by atoms with Gasteiger partial charge in [-0.3, -0.25) is 4.57 Å². The summed E-state index contributed by atoms with van der Waals surface area (Å²) >= 11 is 0. The molecule has 0 saturated carbocycles. The van der Waals surface area contributed by atoms with Crippen molar-refractivity contribution in [3.05, 3.63) is 0 Å². The van der Waals surface area contributed by atoms with Gasteiger partial charge in [-0.2, -0.15) is 0 Å². The summed E-state index contributed by atoms with van der Waals surface area (Å²) in [4.78, 5) is 9.53. The fourth-order valence-electron chi connectivity index (χ4n) is 3.14. The average molecular weight is 292 g/mol. The number of rotatable bonds is 6. The van der Waals surface area contributed by atoms with Crippen LogP contribution in [-0.4, -0.2) is 41.3 Å². The molecule has 1 fully saturated rings. The van der Waals surface area contributed by atoms with Gasteiger partial charge in [-0.25, -0.2) is 0 Å². The summed E-state index contributed by atoms with van der Waals surface area (Å²) in [7, 11) is -3.40. The van der Waals surface area contributed by atoms with E-state index >= 15 is 0 Å². The lowest BCUT2D eigenvalue weighted by molar-refractivity contribution is 0.147. The van der Waals surface area contributed by atoms with E-state index in [1.54, 1.807) is 6.92 Å². The highest BCUT2D eigenvalue weighted by Gasteiger charge is 2.37. The minimum Gasteiger partial charge on any atom is -0.324 e. The van der Waals surface area contributed by atoms with Gasteiger partial charge in [-0.1, -0.05) is 0 Å².